The van der Waals surface area contributed by atoms with Gasteiger partial charge in [-0.2, -0.15) is 0 Å². The minimum atomic E-state index is 0.0640. The molecule has 0 saturated carbocycles. The van der Waals surface area contributed by atoms with E-state index in [9.17, 15) is 4.79 Å². The van der Waals surface area contributed by atoms with Crippen molar-refractivity contribution in [3.63, 3.8) is 0 Å². The van der Waals surface area contributed by atoms with Crippen molar-refractivity contribution in [2.45, 2.75) is 19.8 Å². The van der Waals surface area contributed by atoms with Gasteiger partial charge in [0.1, 0.15) is 5.75 Å². The number of fused-ring (bicyclic) bond motifs is 1. The van der Waals surface area contributed by atoms with Gasteiger partial charge < -0.3 is 15.8 Å². The molecular weight excluding hydrogens is 252 g/mol. The van der Waals surface area contributed by atoms with Gasteiger partial charge in [-0.3, -0.25) is 4.79 Å². The van der Waals surface area contributed by atoms with Crippen LogP contribution in [0.25, 0.3) is 0 Å². The van der Waals surface area contributed by atoms with Crippen molar-refractivity contribution >= 4 is 17.3 Å². The van der Waals surface area contributed by atoms with Crippen molar-refractivity contribution in [3.05, 3.63) is 47.5 Å². The third-order valence-corrected chi connectivity index (χ3v) is 3.37. The highest BCUT2D eigenvalue weighted by molar-refractivity contribution is 5.94. The van der Waals surface area contributed by atoms with Crippen LogP contribution in [0.3, 0.4) is 0 Å². The zero-order chi connectivity index (χ0) is 14.1. The molecule has 4 nitrogen and oxygen atoms in total. The Balaban J connectivity index is 1.88. The highest BCUT2D eigenvalue weighted by atomic mass is 16.5. The van der Waals surface area contributed by atoms with Gasteiger partial charge in [-0.15, -0.1) is 0 Å². The number of ether oxygens (including phenoxy) is 1. The zero-order valence-corrected chi connectivity index (χ0v) is 11.3. The zero-order valence-electron chi connectivity index (χ0n) is 11.3. The summed E-state index contributed by atoms with van der Waals surface area (Å²) < 4.78 is 5.85. The molecule has 1 amide bonds. The molecule has 1 aliphatic heterocycles. The molecule has 0 radical (unpaired) electrons. The number of nitrogens with one attached hydrogen (secondary N) is 1. The van der Waals surface area contributed by atoms with E-state index >= 15 is 0 Å². The Labute approximate surface area is 117 Å². The molecule has 0 bridgehead atoms. The minimum absolute atomic E-state index is 0.0640. The molecule has 0 fully saturated rings. The predicted octanol–water partition coefficient (Wildman–Crippen LogP) is 3.25. The highest BCUT2D eigenvalue weighted by Crippen LogP contribution is 2.32. The fourth-order valence-corrected chi connectivity index (χ4v) is 2.28. The number of carbonyl (C=O) groups is 1. The topological polar surface area (TPSA) is 64.3 Å². The molecule has 20 heavy (non-hydrogen) atoms. The van der Waals surface area contributed by atoms with Crippen LogP contribution in [0, 0.1) is 6.92 Å². The molecule has 0 aliphatic carbocycles. The summed E-state index contributed by atoms with van der Waals surface area (Å²) in [7, 11) is 0. The quantitative estimate of drug-likeness (QED) is 0.822. The van der Waals surface area contributed by atoms with E-state index in [1.165, 1.54) is 0 Å². The van der Waals surface area contributed by atoms with Gasteiger partial charge in [0, 0.05) is 12.1 Å². The lowest BCUT2D eigenvalue weighted by atomic mass is 10.0. The van der Waals surface area contributed by atoms with Gasteiger partial charge in [0.2, 0.25) is 5.91 Å². The molecule has 3 rings (SSSR count). The van der Waals surface area contributed by atoms with Gasteiger partial charge in [0.15, 0.2) is 5.75 Å². The lowest BCUT2D eigenvalue weighted by Gasteiger charge is -2.18. The van der Waals surface area contributed by atoms with Gasteiger partial charge in [-0.05, 0) is 54.8 Å². The number of aryl methyl sites for hydroxylation is 2. The second-order valence-electron chi connectivity index (χ2n) is 5.01. The second-order valence-corrected chi connectivity index (χ2v) is 5.01. The summed E-state index contributed by atoms with van der Waals surface area (Å²) >= 11 is 0. The Morgan fingerprint density at radius 2 is 2.00 bits per heavy atom. The van der Waals surface area contributed by atoms with E-state index in [0.29, 0.717) is 17.9 Å². The normalized spacial score (nSPS) is 13.6. The lowest BCUT2D eigenvalue weighted by Crippen LogP contribution is -2.18. The SMILES string of the molecule is Cc1ccc(N)c(Oc2ccc3c(c2)CCC(=O)N3)c1. The first-order valence-corrected chi connectivity index (χ1v) is 6.58. The highest BCUT2D eigenvalue weighted by Gasteiger charge is 2.15. The van der Waals surface area contributed by atoms with Crippen LogP contribution >= 0.6 is 0 Å². The van der Waals surface area contributed by atoms with E-state index in [2.05, 4.69) is 5.32 Å². The molecular formula is C16H16N2O2. The number of carbonyl (C=O) groups excluding carboxylic acids is 1. The standard InChI is InChI=1S/C16H16N2O2/c1-10-2-5-13(17)15(8-10)20-12-4-6-14-11(9-12)3-7-16(19)18-14/h2,4-6,8-9H,3,7,17H2,1H3,(H,18,19). The fraction of sp³-hybridized carbons (Fsp3) is 0.188. The number of anilines is 2. The van der Waals surface area contributed by atoms with Gasteiger partial charge in [-0.1, -0.05) is 6.07 Å². The van der Waals surface area contributed by atoms with E-state index in [1.54, 1.807) is 0 Å². The molecule has 0 spiro atoms. The average Bonchev–Trinajstić information content (AvgIpc) is 2.43. The molecule has 1 heterocycles. The smallest absolute Gasteiger partial charge is 0.224 e. The molecule has 0 saturated heterocycles. The Hall–Kier alpha value is -2.49. The van der Waals surface area contributed by atoms with Crippen LogP contribution in [-0.2, 0) is 11.2 Å². The van der Waals surface area contributed by atoms with Crippen molar-refractivity contribution in [3.8, 4) is 11.5 Å². The largest absolute Gasteiger partial charge is 0.455 e. The average molecular weight is 268 g/mol. The van der Waals surface area contributed by atoms with E-state index in [4.69, 9.17) is 10.5 Å². The summed E-state index contributed by atoms with van der Waals surface area (Å²) in [5, 5.41) is 2.85. The maximum atomic E-state index is 11.3. The second kappa shape index (κ2) is 4.89. The predicted molar refractivity (Wildman–Crippen MR) is 79.1 cm³/mol. The molecule has 0 unspecified atom stereocenters. The molecule has 2 aromatic carbocycles. The van der Waals surface area contributed by atoms with Crippen LogP contribution in [0.1, 0.15) is 17.5 Å². The van der Waals surface area contributed by atoms with Gasteiger partial charge in [0.25, 0.3) is 0 Å². The first-order chi connectivity index (χ1) is 9.61. The molecule has 3 N–H and O–H groups in total. The van der Waals surface area contributed by atoms with Crippen LogP contribution < -0.4 is 15.8 Å². The molecule has 102 valence electrons. The van der Waals surface area contributed by atoms with Crippen molar-refractivity contribution in [1.29, 1.82) is 0 Å². The number of nitrogen functional groups attached to an aromatic ring is 1. The summed E-state index contributed by atoms with van der Waals surface area (Å²) in [6, 6.07) is 11.4. The Bertz CT molecular complexity index is 680. The van der Waals surface area contributed by atoms with Crippen molar-refractivity contribution in [2.24, 2.45) is 0 Å². The number of benzene rings is 2. The van der Waals surface area contributed by atoms with Crippen LogP contribution in [0.5, 0.6) is 11.5 Å². The van der Waals surface area contributed by atoms with Crippen LogP contribution in [0.15, 0.2) is 36.4 Å². The number of rotatable bonds is 2. The monoisotopic (exact) mass is 268 g/mol. The lowest BCUT2D eigenvalue weighted by molar-refractivity contribution is -0.116. The van der Waals surface area contributed by atoms with Crippen molar-refractivity contribution in [2.75, 3.05) is 11.1 Å². The maximum Gasteiger partial charge on any atom is 0.224 e. The summed E-state index contributed by atoms with van der Waals surface area (Å²) in [5.41, 5.74) is 9.58. The van der Waals surface area contributed by atoms with E-state index in [-0.39, 0.29) is 5.91 Å². The molecule has 2 aromatic rings. The summed E-state index contributed by atoms with van der Waals surface area (Å²) in [4.78, 5) is 11.3. The number of hydrogen-bond acceptors (Lipinski definition) is 3. The van der Waals surface area contributed by atoms with E-state index < -0.39 is 0 Å². The van der Waals surface area contributed by atoms with Crippen LogP contribution in [-0.4, -0.2) is 5.91 Å². The fourth-order valence-electron chi connectivity index (χ4n) is 2.28. The third kappa shape index (κ3) is 2.45. The van der Waals surface area contributed by atoms with Gasteiger partial charge in [0.05, 0.1) is 5.69 Å². The third-order valence-electron chi connectivity index (χ3n) is 3.37. The summed E-state index contributed by atoms with van der Waals surface area (Å²) in [6.07, 6.45) is 1.25. The summed E-state index contributed by atoms with van der Waals surface area (Å²) in [5.74, 6) is 1.45. The molecule has 1 aliphatic rings. The maximum absolute atomic E-state index is 11.3. The molecule has 0 atom stereocenters. The minimum Gasteiger partial charge on any atom is -0.455 e. The Morgan fingerprint density at radius 3 is 2.85 bits per heavy atom. The van der Waals surface area contributed by atoms with Crippen LogP contribution in [0.4, 0.5) is 11.4 Å². The first kappa shape index (κ1) is 12.5. The Kier molecular flexibility index (Phi) is 3.06. The van der Waals surface area contributed by atoms with Crippen LogP contribution in [0.2, 0.25) is 0 Å². The van der Waals surface area contributed by atoms with Gasteiger partial charge >= 0.3 is 0 Å². The molecule has 4 heteroatoms. The number of amides is 1. The molecule has 0 aromatic heterocycles. The summed E-state index contributed by atoms with van der Waals surface area (Å²) in [6.45, 7) is 1.99. The van der Waals surface area contributed by atoms with E-state index in [0.717, 1.165) is 29.0 Å². The Morgan fingerprint density at radius 1 is 1.15 bits per heavy atom. The number of hydrogen-bond donors (Lipinski definition) is 2. The van der Waals surface area contributed by atoms with Gasteiger partial charge in [-0.25, -0.2) is 0 Å². The van der Waals surface area contributed by atoms with Crippen molar-refractivity contribution in [1.82, 2.24) is 0 Å². The first-order valence-electron chi connectivity index (χ1n) is 6.58. The number of nitrogens with two attached hydrogens (primary N) is 1. The van der Waals surface area contributed by atoms with Crippen molar-refractivity contribution < 1.29 is 9.53 Å². The van der Waals surface area contributed by atoms with E-state index in [1.807, 2.05) is 43.3 Å².